The zero-order valence-corrected chi connectivity index (χ0v) is 15.7. The Morgan fingerprint density at radius 1 is 1.33 bits per heavy atom. The van der Waals surface area contributed by atoms with Crippen LogP contribution in [0.3, 0.4) is 0 Å². The summed E-state index contributed by atoms with van der Waals surface area (Å²) in [6.07, 6.45) is 2.64. The molecule has 0 saturated carbocycles. The van der Waals surface area contributed by atoms with E-state index in [1.54, 1.807) is 0 Å². The van der Waals surface area contributed by atoms with E-state index < -0.39 is 6.09 Å². The van der Waals surface area contributed by atoms with Crippen LogP contribution in [0, 0.1) is 5.92 Å². The molecule has 0 bridgehead atoms. The van der Waals surface area contributed by atoms with Gasteiger partial charge in [-0.15, -0.1) is 0 Å². The van der Waals surface area contributed by atoms with Gasteiger partial charge in [-0.05, 0) is 46.0 Å². The summed E-state index contributed by atoms with van der Waals surface area (Å²) in [5.41, 5.74) is 3.71. The molecular formula is C17H23BrN4O2. The minimum Gasteiger partial charge on any atom is -0.465 e. The van der Waals surface area contributed by atoms with Crippen molar-refractivity contribution in [3.05, 3.63) is 34.2 Å². The second kappa shape index (κ2) is 7.01. The number of aromatic nitrogens is 1. The third-order valence-corrected chi connectivity index (χ3v) is 4.94. The maximum absolute atomic E-state index is 11.3. The van der Waals surface area contributed by atoms with Crippen molar-refractivity contribution < 1.29 is 9.90 Å². The molecule has 1 aromatic rings. The highest BCUT2D eigenvalue weighted by Gasteiger charge is 2.33. The Bertz CT molecular complexity index is 644. The van der Waals surface area contributed by atoms with Crippen LogP contribution in [0.15, 0.2) is 34.2 Å². The fraction of sp³-hybridized carbons (Fsp3) is 0.529. The Balaban J connectivity index is 1.84. The molecule has 0 aliphatic carbocycles. The van der Waals surface area contributed by atoms with Crippen LogP contribution in [0.1, 0.15) is 26.7 Å². The molecule has 3 heterocycles. The van der Waals surface area contributed by atoms with Gasteiger partial charge >= 0.3 is 6.09 Å². The number of hydrazine groups is 1. The number of rotatable bonds is 3. The number of hydrogen-bond acceptors (Lipinski definition) is 4. The van der Waals surface area contributed by atoms with Gasteiger partial charge < -0.3 is 10.0 Å². The summed E-state index contributed by atoms with van der Waals surface area (Å²) in [6.45, 7) is 7.29. The second-order valence-electron chi connectivity index (χ2n) is 6.69. The van der Waals surface area contributed by atoms with Crippen LogP contribution in [-0.2, 0) is 0 Å². The molecule has 130 valence electrons. The van der Waals surface area contributed by atoms with E-state index in [-0.39, 0.29) is 0 Å². The Labute approximate surface area is 150 Å². The average Bonchev–Trinajstić information content (AvgIpc) is 2.72. The summed E-state index contributed by atoms with van der Waals surface area (Å²) in [4.78, 5) is 17.2. The fourth-order valence-electron chi connectivity index (χ4n) is 3.33. The Hall–Kier alpha value is -1.76. The minimum atomic E-state index is -0.819. The molecule has 0 spiro atoms. The first-order valence-electron chi connectivity index (χ1n) is 8.31. The van der Waals surface area contributed by atoms with Gasteiger partial charge in [0.1, 0.15) is 4.60 Å². The SMILES string of the molecule is CC(C)CN1C2=C(CCN(C(=O)O)CC2)CN1c1ccc(Br)nc1. The maximum Gasteiger partial charge on any atom is 0.407 e. The highest BCUT2D eigenvalue weighted by Crippen LogP contribution is 2.34. The number of carbonyl (C=O) groups is 1. The van der Waals surface area contributed by atoms with E-state index in [1.807, 2.05) is 12.3 Å². The Morgan fingerprint density at radius 3 is 2.71 bits per heavy atom. The maximum atomic E-state index is 11.3. The van der Waals surface area contributed by atoms with Crippen LogP contribution in [0.25, 0.3) is 0 Å². The molecule has 0 radical (unpaired) electrons. The molecule has 1 amide bonds. The number of carboxylic acid groups (broad SMARTS) is 1. The molecule has 1 aromatic heterocycles. The van der Waals surface area contributed by atoms with Gasteiger partial charge in [0.05, 0.1) is 18.4 Å². The van der Waals surface area contributed by atoms with Gasteiger partial charge in [-0.3, -0.25) is 10.0 Å². The van der Waals surface area contributed by atoms with Gasteiger partial charge in [0, 0.05) is 31.8 Å². The van der Waals surface area contributed by atoms with E-state index in [1.165, 1.54) is 16.2 Å². The Kier molecular flexibility index (Phi) is 4.99. The molecule has 24 heavy (non-hydrogen) atoms. The molecule has 0 aromatic carbocycles. The zero-order valence-electron chi connectivity index (χ0n) is 14.1. The number of hydrogen-bond donors (Lipinski definition) is 1. The predicted octanol–water partition coefficient (Wildman–Crippen LogP) is 3.57. The normalized spacial score (nSPS) is 18.2. The van der Waals surface area contributed by atoms with Gasteiger partial charge in [0.15, 0.2) is 0 Å². The number of anilines is 1. The lowest BCUT2D eigenvalue weighted by atomic mass is 10.1. The van der Waals surface area contributed by atoms with Gasteiger partial charge in [-0.2, -0.15) is 0 Å². The van der Waals surface area contributed by atoms with Crippen molar-refractivity contribution in [1.29, 1.82) is 0 Å². The van der Waals surface area contributed by atoms with Crippen LogP contribution < -0.4 is 5.01 Å². The molecule has 1 N–H and O–H groups in total. The van der Waals surface area contributed by atoms with Crippen molar-refractivity contribution >= 4 is 27.7 Å². The smallest absolute Gasteiger partial charge is 0.407 e. The summed E-state index contributed by atoms with van der Waals surface area (Å²) < 4.78 is 0.826. The van der Waals surface area contributed by atoms with Crippen LogP contribution in [0.4, 0.5) is 10.5 Å². The standard InChI is InChI=1S/C17H23BrN4O2/c1-12(2)10-22-15-6-8-20(17(23)24)7-5-13(15)11-21(22)14-3-4-16(18)19-9-14/h3-4,9,12H,5-8,10-11H2,1-2H3,(H,23,24). The lowest BCUT2D eigenvalue weighted by Gasteiger charge is -2.35. The summed E-state index contributed by atoms with van der Waals surface area (Å²) >= 11 is 3.39. The number of pyridine rings is 1. The van der Waals surface area contributed by atoms with E-state index in [0.29, 0.717) is 19.0 Å². The van der Waals surface area contributed by atoms with Crippen LogP contribution in [0.2, 0.25) is 0 Å². The molecule has 0 unspecified atom stereocenters. The summed E-state index contributed by atoms with van der Waals surface area (Å²) in [7, 11) is 0. The van der Waals surface area contributed by atoms with Crippen molar-refractivity contribution in [3.63, 3.8) is 0 Å². The predicted molar refractivity (Wildman–Crippen MR) is 96.7 cm³/mol. The van der Waals surface area contributed by atoms with Gasteiger partial charge in [-0.25, -0.2) is 9.78 Å². The van der Waals surface area contributed by atoms with Crippen molar-refractivity contribution in [2.24, 2.45) is 5.92 Å². The van der Waals surface area contributed by atoms with E-state index in [0.717, 1.165) is 36.2 Å². The summed E-state index contributed by atoms with van der Waals surface area (Å²) in [6, 6.07) is 4.03. The highest BCUT2D eigenvalue weighted by atomic mass is 79.9. The molecule has 2 aliphatic heterocycles. The number of nitrogens with zero attached hydrogens (tertiary/aromatic N) is 4. The van der Waals surface area contributed by atoms with Crippen molar-refractivity contribution in [1.82, 2.24) is 14.9 Å². The summed E-state index contributed by atoms with van der Waals surface area (Å²) in [5, 5.41) is 13.9. The molecule has 2 aliphatic rings. The summed E-state index contributed by atoms with van der Waals surface area (Å²) in [5.74, 6) is 0.515. The molecular weight excluding hydrogens is 372 g/mol. The van der Waals surface area contributed by atoms with Crippen molar-refractivity contribution in [2.45, 2.75) is 26.7 Å². The van der Waals surface area contributed by atoms with Crippen molar-refractivity contribution in [2.75, 3.05) is 31.2 Å². The fourth-order valence-corrected chi connectivity index (χ4v) is 3.57. The van der Waals surface area contributed by atoms with Crippen LogP contribution >= 0.6 is 15.9 Å². The molecule has 3 rings (SSSR count). The number of amides is 1. The van der Waals surface area contributed by atoms with E-state index in [4.69, 9.17) is 0 Å². The zero-order chi connectivity index (χ0) is 17.3. The third-order valence-electron chi connectivity index (χ3n) is 4.47. The third kappa shape index (κ3) is 3.50. The quantitative estimate of drug-likeness (QED) is 0.794. The van der Waals surface area contributed by atoms with E-state index in [2.05, 4.69) is 50.8 Å². The first-order chi connectivity index (χ1) is 11.5. The van der Waals surface area contributed by atoms with Crippen LogP contribution in [-0.4, -0.2) is 52.3 Å². The Morgan fingerprint density at radius 2 is 2.08 bits per heavy atom. The molecule has 0 fully saturated rings. The topological polar surface area (TPSA) is 59.9 Å². The van der Waals surface area contributed by atoms with E-state index in [9.17, 15) is 9.90 Å². The molecule has 0 saturated heterocycles. The lowest BCUT2D eigenvalue weighted by molar-refractivity contribution is 0.146. The van der Waals surface area contributed by atoms with Gasteiger partial charge in [0.2, 0.25) is 0 Å². The van der Waals surface area contributed by atoms with E-state index >= 15 is 0 Å². The first kappa shape index (κ1) is 17.1. The minimum absolute atomic E-state index is 0.515. The van der Waals surface area contributed by atoms with Gasteiger partial charge in [0.25, 0.3) is 0 Å². The second-order valence-corrected chi connectivity index (χ2v) is 7.51. The molecule has 0 atom stereocenters. The first-order valence-corrected chi connectivity index (χ1v) is 9.10. The lowest BCUT2D eigenvalue weighted by Crippen LogP contribution is -2.41. The van der Waals surface area contributed by atoms with Gasteiger partial charge in [-0.1, -0.05) is 13.8 Å². The highest BCUT2D eigenvalue weighted by molar-refractivity contribution is 9.10. The van der Waals surface area contributed by atoms with Crippen LogP contribution in [0.5, 0.6) is 0 Å². The monoisotopic (exact) mass is 394 g/mol. The largest absolute Gasteiger partial charge is 0.465 e. The van der Waals surface area contributed by atoms with Crippen molar-refractivity contribution in [3.8, 4) is 0 Å². The molecule has 6 nitrogen and oxygen atoms in total. The number of halogens is 1. The average molecular weight is 395 g/mol. The molecule has 7 heteroatoms.